The zero-order valence-corrected chi connectivity index (χ0v) is 20.6. The van der Waals surface area contributed by atoms with Crippen molar-refractivity contribution in [3.63, 3.8) is 0 Å². The fraction of sp³-hybridized carbons (Fsp3) is 0.129. The van der Waals surface area contributed by atoms with Gasteiger partial charge < -0.3 is 9.47 Å². The lowest BCUT2D eigenvalue weighted by atomic mass is 9.83. The molecule has 1 unspecified atom stereocenters. The molecule has 2 aromatic heterocycles. The summed E-state index contributed by atoms with van der Waals surface area (Å²) in [6, 6.07) is 29.1. The van der Waals surface area contributed by atoms with Crippen LogP contribution in [0.1, 0.15) is 39.6 Å². The van der Waals surface area contributed by atoms with E-state index in [1.165, 1.54) is 0 Å². The van der Waals surface area contributed by atoms with Gasteiger partial charge in [-0.15, -0.1) is 5.10 Å². The lowest BCUT2D eigenvalue weighted by Gasteiger charge is -2.28. The van der Waals surface area contributed by atoms with Crippen LogP contribution in [-0.2, 0) is 6.61 Å². The van der Waals surface area contributed by atoms with Crippen molar-refractivity contribution >= 4 is 16.4 Å². The van der Waals surface area contributed by atoms with Gasteiger partial charge in [0.2, 0.25) is 5.88 Å². The molecule has 0 fully saturated rings. The van der Waals surface area contributed by atoms with Crippen LogP contribution in [0.15, 0.2) is 91.3 Å². The van der Waals surface area contributed by atoms with Gasteiger partial charge in [-0.2, -0.15) is 0 Å². The molecule has 4 aromatic carbocycles. The summed E-state index contributed by atoms with van der Waals surface area (Å²) in [5.74, 6) is 2.76. The average Bonchev–Trinajstić information content (AvgIpc) is 3.35. The summed E-state index contributed by atoms with van der Waals surface area (Å²) >= 11 is 0. The van der Waals surface area contributed by atoms with Crippen molar-refractivity contribution in [3.05, 3.63) is 125 Å². The van der Waals surface area contributed by atoms with E-state index in [1.807, 2.05) is 50.2 Å². The number of ether oxygens (including phenoxy) is 2. The summed E-state index contributed by atoms with van der Waals surface area (Å²) < 4.78 is 14.4. The van der Waals surface area contributed by atoms with Gasteiger partial charge in [0.15, 0.2) is 11.5 Å². The first-order valence-corrected chi connectivity index (χ1v) is 12.3. The molecule has 7 rings (SSSR count). The molecule has 0 saturated heterocycles. The zero-order valence-electron chi connectivity index (χ0n) is 20.6. The lowest BCUT2D eigenvalue weighted by molar-refractivity contribution is 0.292. The summed E-state index contributed by atoms with van der Waals surface area (Å²) in [5, 5.41) is 6.89. The number of aromatic nitrogens is 4. The average molecular weight is 485 g/mol. The van der Waals surface area contributed by atoms with Crippen LogP contribution < -0.4 is 9.47 Å². The van der Waals surface area contributed by atoms with Gasteiger partial charge in [0.05, 0.1) is 5.56 Å². The van der Waals surface area contributed by atoms with Crippen LogP contribution in [0.4, 0.5) is 0 Å². The van der Waals surface area contributed by atoms with E-state index in [4.69, 9.17) is 19.6 Å². The van der Waals surface area contributed by atoms with E-state index in [1.54, 1.807) is 10.8 Å². The van der Waals surface area contributed by atoms with E-state index in [9.17, 15) is 0 Å². The van der Waals surface area contributed by atoms with Crippen molar-refractivity contribution < 1.29 is 9.47 Å². The van der Waals surface area contributed by atoms with E-state index >= 15 is 0 Å². The highest BCUT2D eigenvalue weighted by Gasteiger charge is 2.34. The van der Waals surface area contributed by atoms with E-state index in [2.05, 4.69) is 53.5 Å². The molecule has 37 heavy (non-hydrogen) atoms. The fourth-order valence-corrected chi connectivity index (χ4v) is 5.31. The van der Waals surface area contributed by atoms with Crippen LogP contribution in [0.3, 0.4) is 0 Å². The Kier molecular flexibility index (Phi) is 4.92. The summed E-state index contributed by atoms with van der Waals surface area (Å²) in [4.78, 5) is 9.60. The standard InChI is InChI=1S/C31H24N4O2/c1-19-9-8-10-20(2)28(19)36-17-25-33-30-27-26(22-12-4-3-5-13-22)24-16-15-21-11-6-7-14-23(21)29(24)37-31(27)32-18-35(30)34-25/h3-16,18,26H,17H2,1-2H3. The van der Waals surface area contributed by atoms with E-state index in [0.717, 1.165) is 55.7 Å². The molecule has 0 saturated carbocycles. The first kappa shape index (κ1) is 21.6. The Morgan fingerprint density at radius 1 is 0.865 bits per heavy atom. The van der Waals surface area contributed by atoms with Crippen LogP contribution in [0, 0.1) is 13.8 Å². The Balaban J connectivity index is 1.37. The maximum atomic E-state index is 6.50. The number of hydrogen-bond acceptors (Lipinski definition) is 5. The summed E-state index contributed by atoms with van der Waals surface area (Å²) in [6.45, 7) is 4.35. The number of rotatable bonds is 4. The second kappa shape index (κ2) is 8.45. The van der Waals surface area contributed by atoms with Crippen molar-refractivity contribution in [2.24, 2.45) is 0 Å². The Bertz CT molecular complexity index is 1770. The Morgan fingerprint density at radius 2 is 1.65 bits per heavy atom. The first-order chi connectivity index (χ1) is 18.2. The minimum absolute atomic E-state index is 0.0997. The second-order valence-corrected chi connectivity index (χ2v) is 9.42. The molecule has 0 radical (unpaired) electrons. The van der Waals surface area contributed by atoms with Gasteiger partial charge in [-0.25, -0.2) is 14.5 Å². The smallest absolute Gasteiger partial charge is 0.228 e. The molecule has 0 spiro atoms. The number of fused-ring (bicyclic) bond motifs is 6. The molecule has 1 atom stereocenters. The SMILES string of the molecule is Cc1cccc(C)c1OCc1nc2c3c(ncn2n1)Oc1c(ccc2ccccc12)C3c1ccccc1. The highest BCUT2D eigenvalue weighted by Crippen LogP contribution is 2.50. The molecule has 0 amide bonds. The largest absolute Gasteiger partial charge is 0.485 e. The molecular weight excluding hydrogens is 460 g/mol. The Morgan fingerprint density at radius 3 is 2.49 bits per heavy atom. The maximum absolute atomic E-state index is 6.50. The van der Waals surface area contributed by atoms with Gasteiger partial charge in [-0.3, -0.25) is 0 Å². The highest BCUT2D eigenvalue weighted by atomic mass is 16.5. The van der Waals surface area contributed by atoms with Gasteiger partial charge in [0.25, 0.3) is 0 Å². The monoisotopic (exact) mass is 484 g/mol. The summed E-state index contributed by atoms with van der Waals surface area (Å²) in [7, 11) is 0. The molecule has 0 N–H and O–H groups in total. The highest BCUT2D eigenvalue weighted by molar-refractivity contribution is 5.91. The maximum Gasteiger partial charge on any atom is 0.228 e. The number of hydrogen-bond donors (Lipinski definition) is 0. The number of nitrogens with zero attached hydrogens (tertiary/aromatic N) is 4. The molecule has 1 aliphatic heterocycles. The quantitative estimate of drug-likeness (QED) is 0.276. The molecule has 3 heterocycles. The molecule has 0 aliphatic carbocycles. The van der Waals surface area contributed by atoms with Crippen molar-refractivity contribution in [1.82, 2.24) is 19.6 Å². The van der Waals surface area contributed by atoms with Crippen LogP contribution in [0.25, 0.3) is 16.4 Å². The molecular formula is C31H24N4O2. The molecule has 6 aromatic rings. The Labute approximate surface area is 214 Å². The number of para-hydroxylation sites is 1. The van der Waals surface area contributed by atoms with Crippen molar-refractivity contribution in [3.8, 4) is 17.4 Å². The predicted molar refractivity (Wildman–Crippen MR) is 142 cm³/mol. The van der Waals surface area contributed by atoms with Crippen LogP contribution in [0.2, 0.25) is 0 Å². The Hall–Kier alpha value is -4.71. The molecule has 6 nitrogen and oxygen atoms in total. The van der Waals surface area contributed by atoms with Gasteiger partial charge in [-0.1, -0.05) is 84.9 Å². The zero-order chi connectivity index (χ0) is 24.9. The second-order valence-electron chi connectivity index (χ2n) is 9.42. The molecule has 6 heteroatoms. The molecule has 1 aliphatic rings. The minimum atomic E-state index is -0.0997. The summed E-state index contributed by atoms with van der Waals surface area (Å²) in [5.41, 5.74) is 6.03. The van der Waals surface area contributed by atoms with Crippen molar-refractivity contribution in [2.45, 2.75) is 26.4 Å². The minimum Gasteiger partial charge on any atom is -0.485 e. The van der Waals surface area contributed by atoms with Crippen LogP contribution >= 0.6 is 0 Å². The van der Waals surface area contributed by atoms with Gasteiger partial charge in [0, 0.05) is 16.9 Å². The van der Waals surface area contributed by atoms with Gasteiger partial charge in [0.1, 0.15) is 24.4 Å². The molecule has 180 valence electrons. The molecule has 0 bridgehead atoms. The first-order valence-electron chi connectivity index (χ1n) is 12.3. The lowest BCUT2D eigenvalue weighted by Crippen LogP contribution is -2.15. The third-order valence-corrected chi connectivity index (χ3v) is 7.03. The summed E-state index contributed by atoms with van der Waals surface area (Å²) in [6.07, 6.45) is 1.67. The van der Waals surface area contributed by atoms with Crippen molar-refractivity contribution in [1.29, 1.82) is 0 Å². The van der Waals surface area contributed by atoms with Gasteiger partial charge in [-0.05, 0) is 35.9 Å². The topological polar surface area (TPSA) is 61.5 Å². The fourth-order valence-electron chi connectivity index (χ4n) is 5.31. The van der Waals surface area contributed by atoms with E-state index < -0.39 is 0 Å². The van der Waals surface area contributed by atoms with E-state index in [-0.39, 0.29) is 12.5 Å². The third kappa shape index (κ3) is 3.52. The van der Waals surface area contributed by atoms with Crippen LogP contribution in [-0.4, -0.2) is 19.6 Å². The van der Waals surface area contributed by atoms with Crippen molar-refractivity contribution in [2.75, 3.05) is 0 Å². The van der Waals surface area contributed by atoms with Gasteiger partial charge >= 0.3 is 0 Å². The normalized spacial score (nSPS) is 14.3. The number of benzene rings is 4. The predicted octanol–water partition coefficient (Wildman–Crippen LogP) is 6.76. The third-order valence-electron chi connectivity index (χ3n) is 7.03. The van der Waals surface area contributed by atoms with Crippen LogP contribution in [0.5, 0.6) is 17.4 Å². The van der Waals surface area contributed by atoms with E-state index in [0.29, 0.717) is 11.7 Å². The number of aryl methyl sites for hydroxylation is 2.